The average Bonchev–Trinajstić information content (AvgIpc) is 2.13. The standard InChI is InChI=1S/C6H10O3.C5H14N/c1-5(2)6(8)9-4-3-7;1-5-6(2,3)4/h7H,1,3-4H2,2H3;5H2,1-4H3/q;+1. The minimum Gasteiger partial charge on any atom is -0.460 e. The van der Waals surface area contributed by atoms with Crippen molar-refractivity contribution in [2.75, 3.05) is 40.9 Å². The van der Waals surface area contributed by atoms with Crippen molar-refractivity contribution >= 4 is 5.97 Å². The van der Waals surface area contributed by atoms with E-state index in [1.807, 2.05) is 0 Å². The highest BCUT2D eigenvalue weighted by atomic mass is 16.5. The predicted molar refractivity (Wildman–Crippen MR) is 61.4 cm³/mol. The smallest absolute Gasteiger partial charge is 0.333 e. The Bertz CT molecular complexity index is 194. The van der Waals surface area contributed by atoms with E-state index < -0.39 is 5.97 Å². The monoisotopic (exact) mass is 218 g/mol. The molecule has 0 saturated heterocycles. The third-order valence-corrected chi connectivity index (χ3v) is 1.62. The van der Waals surface area contributed by atoms with Crippen molar-refractivity contribution in [2.45, 2.75) is 13.8 Å². The van der Waals surface area contributed by atoms with E-state index in [2.05, 4.69) is 39.4 Å². The van der Waals surface area contributed by atoms with Crippen molar-refractivity contribution in [2.24, 2.45) is 0 Å². The van der Waals surface area contributed by atoms with Crippen molar-refractivity contribution in [1.82, 2.24) is 0 Å². The molecule has 0 unspecified atom stereocenters. The van der Waals surface area contributed by atoms with E-state index in [-0.39, 0.29) is 13.2 Å². The number of hydrogen-bond acceptors (Lipinski definition) is 3. The van der Waals surface area contributed by atoms with Crippen LogP contribution in [0.5, 0.6) is 0 Å². The van der Waals surface area contributed by atoms with Gasteiger partial charge in [0, 0.05) is 5.57 Å². The molecular formula is C11H24NO3+. The molecule has 0 aliphatic heterocycles. The third-order valence-electron chi connectivity index (χ3n) is 1.62. The summed E-state index contributed by atoms with van der Waals surface area (Å²) in [5.74, 6) is -0.455. The van der Waals surface area contributed by atoms with Gasteiger partial charge in [-0.1, -0.05) is 6.58 Å². The van der Waals surface area contributed by atoms with Crippen LogP contribution in [0.4, 0.5) is 0 Å². The summed E-state index contributed by atoms with van der Waals surface area (Å²) in [6, 6.07) is 0. The average molecular weight is 218 g/mol. The maximum atomic E-state index is 10.5. The van der Waals surface area contributed by atoms with Crippen LogP contribution in [0, 0.1) is 0 Å². The normalized spacial score (nSPS) is 10.0. The van der Waals surface area contributed by atoms with E-state index in [1.54, 1.807) is 6.92 Å². The molecule has 0 atom stereocenters. The lowest BCUT2D eigenvalue weighted by Crippen LogP contribution is -2.33. The summed E-state index contributed by atoms with van der Waals surface area (Å²) in [7, 11) is 6.54. The fraction of sp³-hybridized carbons (Fsp3) is 0.727. The molecule has 0 aliphatic carbocycles. The van der Waals surface area contributed by atoms with Crippen molar-refractivity contribution < 1.29 is 19.1 Å². The lowest BCUT2D eigenvalue weighted by Gasteiger charge is -2.20. The highest BCUT2D eigenvalue weighted by molar-refractivity contribution is 5.86. The van der Waals surface area contributed by atoms with Gasteiger partial charge in [-0.2, -0.15) is 0 Å². The zero-order chi connectivity index (χ0) is 12.5. The number of nitrogens with zero attached hydrogens (tertiary/aromatic N) is 1. The first-order chi connectivity index (χ1) is 6.74. The topological polar surface area (TPSA) is 46.5 Å². The molecule has 0 saturated carbocycles. The number of aliphatic hydroxyl groups is 1. The SMILES string of the molecule is C=C(C)C(=O)OCCO.CC[N+](C)(C)C. The Kier molecular flexibility index (Phi) is 9.31. The molecule has 0 aliphatic rings. The first-order valence-corrected chi connectivity index (χ1v) is 4.98. The first-order valence-electron chi connectivity index (χ1n) is 4.98. The molecule has 1 N–H and O–H groups in total. The molecule has 0 aromatic carbocycles. The minimum absolute atomic E-state index is 0.0473. The third kappa shape index (κ3) is 15.9. The summed E-state index contributed by atoms with van der Waals surface area (Å²) in [6.45, 7) is 8.20. The molecule has 0 amide bonds. The highest BCUT2D eigenvalue weighted by Gasteiger charge is 1.99. The van der Waals surface area contributed by atoms with Gasteiger partial charge in [0.05, 0.1) is 34.3 Å². The summed E-state index contributed by atoms with van der Waals surface area (Å²) in [6.07, 6.45) is 0. The van der Waals surface area contributed by atoms with Crippen LogP contribution < -0.4 is 0 Å². The van der Waals surface area contributed by atoms with Gasteiger partial charge in [-0.3, -0.25) is 0 Å². The minimum atomic E-state index is -0.455. The number of quaternary nitrogens is 1. The second kappa shape index (κ2) is 8.44. The molecule has 0 aromatic rings. The van der Waals surface area contributed by atoms with Gasteiger partial charge in [-0.15, -0.1) is 0 Å². The maximum absolute atomic E-state index is 10.5. The van der Waals surface area contributed by atoms with Crippen molar-refractivity contribution in [3.8, 4) is 0 Å². The number of carbonyl (C=O) groups excluding carboxylic acids is 1. The van der Waals surface area contributed by atoms with E-state index in [0.29, 0.717) is 5.57 Å². The van der Waals surface area contributed by atoms with Gasteiger partial charge in [0.1, 0.15) is 6.61 Å². The van der Waals surface area contributed by atoms with Gasteiger partial charge >= 0.3 is 5.97 Å². The van der Waals surface area contributed by atoms with Crippen LogP contribution >= 0.6 is 0 Å². The first kappa shape index (κ1) is 16.6. The molecule has 0 heterocycles. The lowest BCUT2D eigenvalue weighted by molar-refractivity contribution is -0.868. The molecule has 4 nitrogen and oxygen atoms in total. The van der Waals surface area contributed by atoms with E-state index in [0.717, 1.165) is 4.48 Å². The second-order valence-corrected chi connectivity index (χ2v) is 4.25. The molecule has 0 bridgehead atoms. The number of ether oxygens (including phenoxy) is 1. The maximum Gasteiger partial charge on any atom is 0.333 e. The molecule has 0 rings (SSSR count). The molecule has 15 heavy (non-hydrogen) atoms. The van der Waals surface area contributed by atoms with Crippen LogP contribution in [0.1, 0.15) is 13.8 Å². The summed E-state index contributed by atoms with van der Waals surface area (Å²) in [4.78, 5) is 10.5. The van der Waals surface area contributed by atoms with E-state index in [1.165, 1.54) is 6.54 Å². The zero-order valence-electron chi connectivity index (χ0n) is 10.5. The second-order valence-electron chi connectivity index (χ2n) is 4.25. The molecule has 0 spiro atoms. The van der Waals surface area contributed by atoms with Crippen LogP contribution in [-0.4, -0.2) is 56.5 Å². The Balaban J connectivity index is 0. The Morgan fingerprint density at radius 2 is 1.80 bits per heavy atom. The van der Waals surface area contributed by atoms with Gasteiger partial charge in [-0.25, -0.2) is 4.79 Å². The number of esters is 1. The van der Waals surface area contributed by atoms with Crippen LogP contribution in [0.25, 0.3) is 0 Å². The van der Waals surface area contributed by atoms with Crippen LogP contribution in [0.15, 0.2) is 12.2 Å². The number of aliphatic hydroxyl groups excluding tert-OH is 1. The van der Waals surface area contributed by atoms with Crippen LogP contribution in [0.3, 0.4) is 0 Å². The van der Waals surface area contributed by atoms with Crippen molar-refractivity contribution in [3.05, 3.63) is 12.2 Å². The fourth-order valence-corrected chi connectivity index (χ4v) is 0.262. The molecule has 0 radical (unpaired) electrons. The Labute approximate surface area is 92.7 Å². The number of rotatable bonds is 4. The van der Waals surface area contributed by atoms with Gasteiger partial charge in [0.15, 0.2) is 0 Å². The van der Waals surface area contributed by atoms with E-state index in [9.17, 15) is 4.79 Å². The summed E-state index contributed by atoms with van der Waals surface area (Å²) in [5.41, 5.74) is 0.350. The number of hydrogen-bond donors (Lipinski definition) is 1. The Morgan fingerprint density at radius 3 is 2.00 bits per heavy atom. The number of carbonyl (C=O) groups is 1. The molecule has 0 aromatic heterocycles. The molecule has 4 heteroatoms. The van der Waals surface area contributed by atoms with Crippen LogP contribution in [0.2, 0.25) is 0 Å². The predicted octanol–water partition coefficient (Wildman–Crippen LogP) is 0.810. The van der Waals surface area contributed by atoms with Gasteiger partial charge in [0.2, 0.25) is 0 Å². The zero-order valence-corrected chi connectivity index (χ0v) is 10.5. The summed E-state index contributed by atoms with van der Waals surface area (Å²) in [5, 5.41) is 8.19. The van der Waals surface area contributed by atoms with Crippen molar-refractivity contribution in [3.63, 3.8) is 0 Å². The molecule has 0 fully saturated rings. The van der Waals surface area contributed by atoms with Gasteiger partial charge in [-0.05, 0) is 13.8 Å². The van der Waals surface area contributed by atoms with Gasteiger partial charge in [0.25, 0.3) is 0 Å². The summed E-state index contributed by atoms with van der Waals surface area (Å²) < 4.78 is 5.53. The van der Waals surface area contributed by atoms with Crippen LogP contribution in [-0.2, 0) is 9.53 Å². The Morgan fingerprint density at radius 1 is 1.40 bits per heavy atom. The Hall–Kier alpha value is -0.870. The lowest BCUT2D eigenvalue weighted by atomic mass is 10.4. The largest absolute Gasteiger partial charge is 0.460 e. The van der Waals surface area contributed by atoms with E-state index >= 15 is 0 Å². The van der Waals surface area contributed by atoms with Crippen molar-refractivity contribution in [1.29, 1.82) is 0 Å². The summed E-state index contributed by atoms with van der Waals surface area (Å²) >= 11 is 0. The molecular weight excluding hydrogens is 194 g/mol. The van der Waals surface area contributed by atoms with E-state index in [4.69, 9.17) is 5.11 Å². The fourth-order valence-electron chi connectivity index (χ4n) is 0.262. The molecule has 90 valence electrons. The quantitative estimate of drug-likeness (QED) is 0.431. The highest BCUT2D eigenvalue weighted by Crippen LogP contribution is 1.89. The van der Waals surface area contributed by atoms with Gasteiger partial charge < -0.3 is 14.3 Å².